The van der Waals surface area contributed by atoms with Gasteiger partial charge in [0.1, 0.15) is 22.7 Å². The van der Waals surface area contributed by atoms with Crippen molar-refractivity contribution in [3.63, 3.8) is 0 Å². The van der Waals surface area contributed by atoms with E-state index in [2.05, 4.69) is 10.6 Å². The van der Waals surface area contributed by atoms with Crippen LogP contribution in [0.5, 0.6) is 23.0 Å². The summed E-state index contributed by atoms with van der Waals surface area (Å²) in [7, 11) is 2.99. The van der Waals surface area contributed by atoms with E-state index in [4.69, 9.17) is 14.2 Å². The van der Waals surface area contributed by atoms with Gasteiger partial charge in [0.15, 0.2) is 17.7 Å². The summed E-state index contributed by atoms with van der Waals surface area (Å²) < 4.78 is 30.5. The molecule has 1 aromatic heterocycles. The van der Waals surface area contributed by atoms with E-state index in [1.54, 1.807) is 42.5 Å². The van der Waals surface area contributed by atoms with Gasteiger partial charge in [0, 0.05) is 23.5 Å². The number of pyridine rings is 1. The topological polar surface area (TPSA) is 113 Å². The molecule has 0 atom stereocenters. The first-order valence-corrected chi connectivity index (χ1v) is 11.8. The van der Waals surface area contributed by atoms with E-state index in [0.717, 1.165) is 0 Å². The maximum atomic E-state index is 13.1. The number of amides is 2. The predicted molar refractivity (Wildman–Crippen MR) is 138 cm³/mol. The van der Waals surface area contributed by atoms with Crippen LogP contribution in [0, 0.1) is 16.4 Å². The number of fused-ring (bicyclic) bond motifs is 1. The summed E-state index contributed by atoms with van der Waals surface area (Å²) in [6.45, 7) is 0. The van der Waals surface area contributed by atoms with Gasteiger partial charge in [-0.1, -0.05) is 0 Å². The number of aromatic nitrogens is 1. The highest BCUT2D eigenvalue weighted by atomic mass is 19.1. The summed E-state index contributed by atoms with van der Waals surface area (Å²) in [5.41, 5.74) is 0.0898. The second-order valence-corrected chi connectivity index (χ2v) is 8.85. The smallest absolute Gasteiger partial charge is 0.240 e. The normalized spacial score (nSPS) is 13.4. The Morgan fingerprint density at radius 2 is 1.39 bits per heavy atom. The number of nitrogens with one attached hydrogen (secondary N) is 2. The Kier molecular flexibility index (Phi) is 6.46. The lowest BCUT2D eigenvalue weighted by atomic mass is 10.0. The molecule has 0 bridgehead atoms. The molecule has 0 aliphatic heterocycles. The maximum Gasteiger partial charge on any atom is 0.240 e. The van der Waals surface area contributed by atoms with Crippen LogP contribution in [-0.4, -0.2) is 26.0 Å². The van der Waals surface area contributed by atoms with Crippen LogP contribution >= 0.6 is 0 Å². The quantitative estimate of drug-likeness (QED) is 0.198. The van der Waals surface area contributed by atoms with Crippen molar-refractivity contribution in [3.05, 3.63) is 84.0 Å². The van der Waals surface area contributed by atoms with Crippen molar-refractivity contribution >= 4 is 34.1 Å². The Morgan fingerprint density at radius 1 is 0.842 bits per heavy atom. The van der Waals surface area contributed by atoms with E-state index < -0.39 is 23.0 Å². The fourth-order valence-electron chi connectivity index (χ4n) is 4.09. The van der Waals surface area contributed by atoms with Crippen LogP contribution in [0.25, 0.3) is 10.9 Å². The molecule has 1 saturated carbocycles. The third-order valence-electron chi connectivity index (χ3n) is 6.43. The van der Waals surface area contributed by atoms with E-state index in [9.17, 15) is 19.2 Å². The highest BCUT2D eigenvalue weighted by molar-refractivity contribution is 6.16. The van der Waals surface area contributed by atoms with Gasteiger partial charge in [-0.05, 0) is 61.4 Å². The molecule has 5 rings (SSSR count). The molecule has 0 radical (unpaired) electrons. The number of halogens is 1. The van der Waals surface area contributed by atoms with E-state index in [-0.39, 0.29) is 0 Å². The summed E-state index contributed by atoms with van der Waals surface area (Å²) in [6, 6.07) is 16.8. The second-order valence-electron chi connectivity index (χ2n) is 8.85. The highest BCUT2D eigenvalue weighted by Crippen LogP contribution is 2.47. The zero-order valence-electron chi connectivity index (χ0n) is 20.6. The van der Waals surface area contributed by atoms with Gasteiger partial charge in [0.25, 0.3) is 0 Å². The standard InChI is InChI=1S/C28H24FN3O6/c1-36-24-15-21-22(16-25(24)37-2)32(35)14-11-23(21)38-20-9-7-19(8-10-20)31-27(34)28(12-13-28)26(33)30-18-5-3-17(29)4-6-18/h3-11,14-16H,12-13H2,1-2H3,(H,30,33)(H,31,34). The van der Waals surface area contributed by atoms with Gasteiger partial charge in [-0.25, -0.2) is 4.39 Å². The highest BCUT2D eigenvalue weighted by Gasteiger charge is 2.56. The van der Waals surface area contributed by atoms with Gasteiger partial charge in [0.2, 0.25) is 17.3 Å². The molecule has 0 spiro atoms. The molecule has 2 amide bonds. The zero-order valence-corrected chi connectivity index (χ0v) is 20.6. The lowest BCUT2D eigenvalue weighted by Gasteiger charge is -2.16. The third kappa shape index (κ3) is 4.75. The minimum atomic E-state index is -1.17. The van der Waals surface area contributed by atoms with Crippen molar-refractivity contribution in [2.45, 2.75) is 12.8 Å². The maximum absolute atomic E-state index is 13.1. The average molecular weight is 518 g/mol. The molecule has 194 valence electrons. The first kappa shape index (κ1) is 24.8. The summed E-state index contributed by atoms with van der Waals surface area (Å²) in [5, 5.41) is 18.3. The fourth-order valence-corrected chi connectivity index (χ4v) is 4.09. The SMILES string of the molecule is COc1cc2c(Oc3ccc(NC(=O)C4(C(=O)Nc5ccc(F)cc5)CC4)cc3)cc[n+]([O-])c2cc1OC. The minimum absolute atomic E-state index is 0.345. The molecule has 9 nitrogen and oxygen atoms in total. The number of rotatable bonds is 8. The molecule has 1 aliphatic carbocycles. The Balaban J connectivity index is 1.29. The molecule has 3 aromatic carbocycles. The first-order valence-electron chi connectivity index (χ1n) is 11.8. The van der Waals surface area contributed by atoms with Gasteiger partial charge in [-0.15, -0.1) is 0 Å². The fraction of sp³-hybridized carbons (Fsp3) is 0.179. The van der Waals surface area contributed by atoms with E-state index in [1.165, 1.54) is 44.7 Å². The summed E-state index contributed by atoms with van der Waals surface area (Å²) >= 11 is 0. The molecule has 0 saturated heterocycles. The van der Waals surface area contributed by atoms with E-state index in [1.807, 2.05) is 0 Å². The molecule has 4 aromatic rings. The molecule has 1 aliphatic rings. The number of ether oxygens (including phenoxy) is 3. The lowest BCUT2D eigenvalue weighted by molar-refractivity contribution is -0.577. The summed E-state index contributed by atoms with van der Waals surface area (Å²) in [4.78, 5) is 25.7. The number of hydrogen-bond acceptors (Lipinski definition) is 6. The second kappa shape index (κ2) is 9.89. The molecule has 0 unspecified atom stereocenters. The Labute approximate surface area is 217 Å². The van der Waals surface area contributed by atoms with Crippen molar-refractivity contribution in [3.8, 4) is 23.0 Å². The number of nitrogens with zero attached hydrogens (tertiary/aromatic N) is 1. The van der Waals surface area contributed by atoms with Gasteiger partial charge in [-0.3, -0.25) is 9.59 Å². The van der Waals surface area contributed by atoms with Crippen LogP contribution in [0.2, 0.25) is 0 Å². The van der Waals surface area contributed by atoms with Gasteiger partial charge in [0.05, 0.1) is 25.7 Å². The van der Waals surface area contributed by atoms with Gasteiger partial charge >= 0.3 is 0 Å². The number of hydrogen-bond donors (Lipinski definition) is 2. The van der Waals surface area contributed by atoms with Crippen LogP contribution in [0.3, 0.4) is 0 Å². The Bertz CT molecular complexity index is 1520. The number of carbonyl (C=O) groups excluding carboxylic acids is 2. The molecule has 1 heterocycles. The molecule has 38 heavy (non-hydrogen) atoms. The molecule has 10 heteroatoms. The van der Waals surface area contributed by atoms with Crippen LogP contribution in [0.15, 0.2) is 72.9 Å². The van der Waals surface area contributed by atoms with Crippen molar-refractivity contribution < 1.29 is 32.9 Å². The number of benzene rings is 3. The predicted octanol–water partition coefficient (Wildman–Crippen LogP) is 4.78. The lowest BCUT2D eigenvalue weighted by Crippen LogP contribution is -2.35. The van der Waals surface area contributed by atoms with E-state index in [0.29, 0.717) is 62.8 Å². The molecule has 1 fully saturated rings. The minimum Gasteiger partial charge on any atom is -0.618 e. The van der Waals surface area contributed by atoms with Crippen molar-refractivity contribution in [1.82, 2.24) is 0 Å². The Morgan fingerprint density at radius 3 is 1.95 bits per heavy atom. The number of methoxy groups -OCH3 is 2. The molecular weight excluding hydrogens is 493 g/mol. The Hall–Kier alpha value is -4.86. The summed E-state index contributed by atoms with van der Waals surface area (Å²) in [6.07, 6.45) is 2.18. The van der Waals surface area contributed by atoms with Crippen LogP contribution < -0.4 is 29.6 Å². The average Bonchev–Trinajstić information content (AvgIpc) is 3.74. The monoisotopic (exact) mass is 517 g/mol. The zero-order chi connectivity index (χ0) is 26.9. The first-order chi connectivity index (χ1) is 18.3. The van der Waals surface area contributed by atoms with Crippen LogP contribution in [-0.2, 0) is 9.59 Å². The van der Waals surface area contributed by atoms with Crippen molar-refractivity contribution in [2.24, 2.45) is 5.41 Å². The van der Waals surface area contributed by atoms with Crippen LogP contribution in [0.4, 0.5) is 15.8 Å². The largest absolute Gasteiger partial charge is 0.618 e. The summed E-state index contributed by atoms with van der Waals surface area (Å²) in [5.74, 6) is 0.509. The van der Waals surface area contributed by atoms with Crippen molar-refractivity contribution in [2.75, 3.05) is 24.9 Å². The number of anilines is 2. The van der Waals surface area contributed by atoms with Gasteiger partial charge in [-0.2, -0.15) is 4.73 Å². The van der Waals surface area contributed by atoms with Gasteiger partial charge < -0.3 is 30.1 Å². The molecule has 2 N–H and O–H groups in total. The van der Waals surface area contributed by atoms with Crippen molar-refractivity contribution in [1.29, 1.82) is 0 Å². The van der Waals surface area contributed by atoms with E-state index >= 15 is 0 Å². The number of carbonyl (C=O) groups is 2. The third-order valence-corrected chi connectivity index (χ3v) is 6.43. The van der Waals surface area contributed by atoms with Crippen LogP contribution in [0.1, 0.15) is 12.8 Å². The molecular formula is C28H24FN3O6.